The molecule has 0 saturated carbocycles. The summed E-state index contributed by atoms with van der Waals surface area (Å²) >= 11 is 0. The molecule has 4 nitrogen and oxygen atoms in total. The maximum Gasteiger partial charge on any atom is 0.134 e. The molecule has 0 spiro atoms. The van der Waals surface area contributed by atoms with Crippen molar-refractivity contribution in [3.05, 3.63) is 47.3 Å². The van der Waals surface area contributed by atoms with Crippen molar-refractivity contribution in [2.45, 2.75) is 20.0 Å². The molecule has 2 aromatic rings. The number of benzene rings is 1. The standard InChI is InChI=1S/C13H15NO3/c1-10-8-12(14-17-10)9-16-13-5-3-2-4-11(13)6-7-15/h2-5,8,15H,6-7,9H2,1H3. The molecule has 0 unspecified atom stereocenters. The van der Waals surface area contributed by atoms with E-state index >= 15 is 0 Å². The van der Waals surface area contributed by atoms with Crippen molar-refractivity contribution in [3.63, 3.8) is 0 Å². The van der Waals surface area contributed by atoms with Crippen molar-refractivity contribution in [2.24, 2.45) is 0 Å². The Kier molecular flexibility index (Phi) is 3.77. The minimum absolute atomic E-state index is 0.115. The maximum absolute atomic E-state index is 8.95. The van der Waals surface area contributed by atoms with Gasteiger partial charge in [-0.1, -0.05) is 23.4 Å². The van der Waals surface area contributed by atoms with Gasteiger partial charge in [0.1, 0.15) is 23.8 Å². The molecule has 90 valence electrons. The average molecular weight is 233 g/mol. The van der Waals surface area contributed by atoms with Gasteiger partial charge in [0.2, 0.25) is 0 Å². The van der Waals surface area contributed by atoms with Gasteiger partial charge in [-0.25, -0.2) is 0 Å². The van der Waals surface area contributed by atoms with Crippen LogP contribution in [0.25, 0.3) is 0 Å². The van der Waals surface area contributed by atoms with Gasteiger partial charge in [-0.15, -0.1) is 0 Å². The first-order chi connectivity index (χ1) is 8.29. The second kappa shape index (κ2) is 5.50. The van der Waals surface area contributed by atoms with Crippen molar-refractivity contribution in [3.8, 4) is 5.75 Å². The quantitative estimate of drug-likeness (QED) is 0.859. The van der Waals surface area contributed by atoms with Gasteiger partial charge in [0, 0.05) is 12.7 Å². The van der Waals surface area contributed by atoms with E-state index in [-0.39, 0.29) is 6.61 Å². The lowest BCUT2D eigenvalue weighted by Crippen LogP contribution is -2.00. The van der Waals surface area contributed by atoms with Crippen molar-refractivity contribution < 1.29 is 14.4 Å². The lowest BCUT2D eigenvalue weighted by Gasteiger charge is -2.08. The van der Waals surface area contributed by atoms with E-state index in [9.17, 15) is 0 Å². The summed E-state index contributed by atoms with van der Waals surface area (Å²) in [6, 6.07) is 9.51. The fourth-order valence-corrected chi connectivity index (χ4v) is 1.61. The lowest BCUT2D eigenvalue weighted by molar-refractivity contribution is 0.275. The maximum atomic E-state index is 8.95. The molecule has 0 amide bonds. The Morgan fingerprint density at radius 2 is 2.18 bits per heavy atom. The zero-order chi connectivity index (χ0) is 12.1. The number of para-hydroxylation sites is 1. The summed E-state index contributed by atoms with van der Waals surface area (Å²) in [6.07, 6.45) is 0.591. The van der Waals surface area contributed by atoms with Crippen molar-refractivity contribution in [1.29, 1.82) is 0 Å². The van der Waals surface area contributed by atoms with Crippen LogP contribution < -0.4 is 4.74 Å². The summed E-state index contributed by atoms with van der Waals surface area (Å²) in [5.74, 6) is 1.55. The van der Waals surface area contributed by atoms with Crippen LogP contribution in [-0.4, -0.2) is 16.9 Å². The highest BCUT2D eigenvalue weighted by molar-refractivity contribution is 5.33. The summed E-state index contributed by atoms with van der Waals surface area (Å²) in [4.78, 5) is 0. The number of nitrogens with zero attached hydrogens (tertiary/aromatic N) is 1. The van der Waals surface area contributed by atoms with Crippen molar-refractivity contribution in [1.82, 2.24) is 5.16 Å². The fourth-order valence-electron chi connectivity index (χ4n) is 1.61. The van der Waals surface area contributed by atoms with Gasteiger partial charge < -0.3 is 14.4 Å². The van der Waals surface area contributed by atoms with Crippen LogP contribution in [-0.2, 0) is 13.0 Å². The van der Waals surface area contributed by atoms with Gasteiger partial charge >= 0.3 is 0 Å². The second-order valence-electron chi connectivity index (χ2n) is 3.80. The van der Waals surface area contributed by atoms with Gasteiger partial charge in [0.05, 0.1) is 0 Å². The molecule has 0 fully saturated rings. The number of aliphatic hydroxyl groups is 1. The molecule has 1 aromatic heterocycles. The number of hydrogen-bond acceptors (Lipinski definition) is 4. The first kappa shape index (κ1) is 11.7. The molecule has 1 aromatic carbocycles. The third-order valence-corrected chi connectivity index (χ3v) is 2.41. The largest absolute Gasteiger partial charge is 0.487 e. The van der Waals surface area contributed by atoms with Crippen LogP contribution in [0.3, 0.4) is 0 Å². The van der Waals surface area contributed by atoms with E-state index in [1.165, 1.54) is 0 Å². The van der Waals surface area contributed by atoms with Crippen molar-refractivity contribution >= 4 is 0 Å². The molecule has 2 rings (SSSR count). The summed E-state index contributed by atoms with van der Waals surface area (Å²) in [7, 11) is 0. The molecule has 0 aliphatic carbocycles. The van der Waals surface area contributed by atoms with Gasteiger partial charge in [-0.2, -0.15) is 0 Å². The molecule has 0 atom stereocenters. The number of hydrogen-bond donors (Lipinski definition) is 1. The minimum Gasteiger partial charge on any atom is -0.487 e. The number of aromatic nitrogens is 1. The number of ether oxygens (including phenoxy) is 1. The third-order valence-electron chi connectivity index (χ3n) is 2.41. The lowest BCUT2D eigenvalue weighted by atomic mass is 10.1. The molecule has 1 heterocycles. The normalized spacial score (nSPS) is 10.5. The Labute approximate surface area is 99.8 Å². The first-order valence-electron chi connectivity index (χ1n) is 5.53. The molecule has 4 heteroatoms. The summed E-state index contributed by atoms with van der Waals surface area (Å²) in [5.41, 5.74) is 1.76. The van der Waals surface area contributed by atoms with E-state index in [0.29, 0.717) is 13.0 Å². The fraction of sp³-hybridized carbons (Fsp3) is 0.308. The molecule has 0 aliphatic rings. The van der Waals surface area contributed by atoms with Crippen LogP contribution in [0.1, 0.15) is 17.0 Å². The smallest absolute Gasteiger partial charge is 0.134 e. The number of aryl methyl sites for hydroxylation is 1. The van der Waals surface area contributed by atoms with Gasteiger partial charge in [0.15, 0.2) is 0 Å². The molecule has 0 aliphatic heterocycles. The molecular formula is C13H15NO3. The highest BCUT2D eigenvalue weighted by Crippen LogP contribution is 2.19. The van der Waals surface area contributed by atoms with E-state index < -0.39 is 0 Å². The summed E-state index contributed by atoms with van der Waals surface area (Å²) < 4.78 is 10.6. The zero-order valence-electron chi connectivity index (χ0n) is 9.72. The highest BCUT2D eigenvalue weighted by Gasteiger charge is 2.05. The predicted octanol–water partition coefficient (Wildman–Crippen LogP) is 2.10. The van der Waals surface area contributed by atoms with Crippen molar-refractivity contribution in [2.75, 3.05) is 6.61 Å². The van der Waals surface area contributed by atoms with E-state index in [0.717, 1.165) is 22.8 Å². The van der Waals surface area contributed by atoms with Crippen LogP contribution in [0.5, 0.6) is 5.75 Å². The van der Waals surface area contributed by atoms with Crippen LogP contribution >= 0.6 is 0 Å². The molecule has 0 bridgehead atoms. The van der Waals surface area contributed by atoms with E-state index in [2.05, 4.69) is 5.16 Å². The Balaban J connectivity index is 2.03. The monoisotopic (exact) mass is 233 g/mol. The number of rotatable bonds is 5. The molecule has 0 saturated heterocycles. The first-order valence-corrected chi connectivity index (χ1v) is 5.53. The van der Waals surface area contributed by atoms with Crippen LogP contribution in [0.2, 0.25) is 0 Å². The molecule has 1 N–H and O–H groups in total. The van der Waals surface area contributed by atoms with Gasteiger partial charge in [-0.3, -0.25) is 0 Å². The topological polar surface area (TPSA) is 55.5 Å². The minimum atomic E-state index is 0.115. The second-order valence-corrected chi connectivity index (χ2v) is 3.80. The Bertz CT molecular complexity index is 479. The van der Waals surface area contributed by atoms with E-state index in [1.807, 2.05) is 37.3 Å². The predicted molar refractivity (Wildman–Crippen MR) is 62.8 cm³/mol. The van der Waals surface area contributed by atoms with Crippen LogP contribution in [0.15, 0.2) is 34.9 Å². The van der Waals surface area contributed by atoms with Crippen LogP contribution in [0.4, 0.5) is 0 Å². The molecule has 17 heavy (non-hydrogen) atoms. The van der Waals surface area contributed by atoms with E-state index in [4.69, 9.17) is 14.4 Å². The molecule has 0 radical (unpaired) electrons. The van der Waals surface area contributed by atoms with Crippen LogP contribution in [0, 0.1) is 6.92 Å². The summed E-state index contributed by atoms with van der Waals surface area (Å²) in [6.45, 7) is 2.33. The van der Waals surface area contributed by atoms with Gasteiger partial charge in [0.25, 0.3) is 0 Å². The zero-order valence-corrected chi connectivity index (χ0v) is 9.72. The Morgan fingerprint density at radius 1 is 1.35 bits per heavy atom. The molecular weight excluding hydrogens is 218 g/mol. The SMILES string of the molecule is Cc1cc(COc2ccccc2CCO)no1. The average Bonchev–Trinajstić information content (AvgIpc) is 2.74. The Morgan fingerprint density at radius 3 is 2.88 bits per heavy atom. The highest BCUT2D eigenvalue weighted by atomic mass is 16.5. The third kappa shape index (κ3) is 3.07. The van der Waals surface area contributed by atoms with E-state index in [1.54, 1.807) is 0 Å². The van der Waals surface area contributed by atoms with Gasteiger partial charge in [-0.05, 0) is 25.0 Å². The number of aliphatic hydroxyl groups excluding tert-OH is 1. The summed E-state index contributed by atoms with van der Waals surface area (Å²) in [5, 5.41) is 12.8. The Hall–Kier alpha value is -1.81.